The van der Waals surface area contributed by atoms with Gasteiger partial charge < -0.3 is 4.57 Å². The number of hydrogen-bond acceptors (Lipinski definition) is 7. The lowest BCUT2D eigenvalue weighted by molar-refractivity contribution is 1.18. The summed E-state index contributed by atoms with van der Waals surface area (Å²) < 4.78 is 20.3. The molecule has 0 spiro atoms. The molecule has 8 heterocycles. The van der Waals surface area contributed by atoms with Crippen LogP contribution in [0.2, 0.25) is 0 Å². The van der Waals surface area contributed by atoms with Gasteiger partial charge in [0.2, 0.25) is 0 Å². The van der Waals surface area contributed by atoms with Crippen LogP contribution in [-0.2, 0) is 0 Å². The van der Waals surface area contributed by atoms with Gasteiger partial charge in [-0.2, -0.15) is 0 Å². The summed E-state index contributed by atoms with van der Waals surface area (Å²) in [4.78, 5) is 2.80. The van der Waals surface area contributed by atoms with Crippen LogP contribution in [0.5, 0.6) is 0 Å². The van der Waals surface area contributed by atoms with Gasteiger partial charge in [0.25, 0.3) is 0 Å². The van der Waals surface area contributed by atoms with Gasteiger partial charge in [0.15, 0.2) is 0 Å². The lowest BCUT2D eigenvalue weighted by Gasteiger charge is -2.06. The molecular formula is C27H15NS7. The summed E-state index contributed by atoms with van der Waals surface area (Å²) in [5.74, 6) is 0. The number of rotatable bonds is 1. The molecule has 0 N–H and O–H groups in total. The summed E-state index contributed by atoms with van der Waals surface area (Å²) in [6.07, 6.45) is 0. The molecule has 35 heavy (non-hydrogen) atoms. The zero-order chi connectivity index (χ0) is 23.2. The average molecular weight is 578 g/mol. The first-order chi connectivity index (χ1) is 17.0. The third-order valence-electron chi connectivity index (χ3n) is 6.73. The van der Waals surface area contributed by atoms with E-state index in [4.69, 9.17) is 0 Å². The van der Waals surface area contributed by atoms with Crippen molar-refractivity contribution in [1.82, 2.24) is 4.57 Å². The second-order valence-corrected chi connectivity index (χ2v) is 16.8. The first-order valence-electron chi connectivity index (χ1n) is 11.3. The van der Waals surface area contributed by atoms with Gasteiger partial charge in [0, 0.05) is 20.1 Å². The quantitative estimate of drug-likeness (QED) is 0.183. The van der Waals surface area contributed by atoms with E-state index in [1.54, 1.807) is 0 Å². The molecule has 9 aromatic rings. The fraction of sp³-hybridized carbons (Fsp3) is 0.111. The number of hydrogen-bond donors (Lipinski definition) is 0. The summed E-state index contributed by atoms with van der Waals surface area (Å²) >= 11 is 14.0. The van der Waals surface area contributed by atoms with E-state index >= 15 is 0 Å². The van der Waals surface area contributed by atoms with Crippen LogP contribution in [-0.4, -0.2) is 4.57 Å². The van der Waals surface area contributed by atoms with Crippen molar-refractivity contribution in [1.29, 1.82) is 0 Å². The first-order valence-corrected chi connectivity index (χ1v) is 17.0. The van der Waals surface area contributed by atoms with Crippen molar-refractivity contribution in [3.05, 3.63) is 51.7 Å². The van der Waals surface area contributed by atoms with Crippen molar-refractivity contribution in [3.63, 3.8) is 0 Å². The summed E-state index contributed by atoms with van der Waals surface area (Å²) in [7, 11) is 0. The van der Waals surface area contributed by atoms with Crippen LogP contribution in [0.1, 0.15) is 15.3 Å². The molecule has 0 aliphatic carbocycles. The molecular weight excluding hydrogens is 563 g/mol. The fourth-order valence-corrected chi connectivity index (χ4v) is 15.4. The normalized spacial score (nSPS) is 13.0. The summed E-state index contributed by atoms with van der Waals surface area (Å²) in [6.45, 7) is 6.62. The van der Waals surface area contributed by atoms with Crippen LogP contribution in [0.3, 0.4) is 0 Å². The maximum Gasteiger partial charge on any atom is 0.0838 e. The Kier molecular flexibility index (Phi) is 3.91. The maximum atomic E-state index is 2.52. The maximum absolute atomic E-state index is 2.52. The van der Waals surface area contributed by atoms with Crippen molar-refractivity contribution in [2.45, 2.75) is 20.8 Å². The predicted octanol–water partition coefficient (Wildman–Crippen LogP) is 11.9. The van der Waals surface area contributed by atoms with E-state index < -0.39 is 0 Å². The molecule has 0 aliphatic rings. The molecule has 0 atom stereocenters. The molecule has 0 amide bonds. The minimum absolute atomic E-state index is 1.27. The Labute approximate surface area is 227 Å². The number of benzene rings is 1. The smallest absolute Gasteiger partial charge is 0.0838 e. The molecule has 8 aromatic heterocycles. The van der Waals surface area contributed by atoms with Gasteiger partial charge in [0.05, 0.1) is 62.7 Å². The second-order valence-electron chi connectivity index (χ2n) is 9.11. The SMILES string of the molecule is Cc1ccc(-n2c3cc(C)sc3c3sc4c5sc6c7sc8cc(C)sc8c7sc6c5sc4c32)cc1. The molecule has 9 rings (SSSR count). The Morgan fingerprint density at radius 3 is 1.71 bits per heavy atom. The number of aryl methyl sites for hydroxylation is 3. The lowest BCUT2D eigenvalue weighted by Crippen LogP contribution is -1.92. The van der Waals surface area contributed by atoms with E-state index in [1.807, 2.05) is 79.4 Å². The number of thiophene rings is 7. The van der Waals surface area contributed by atoms with Crippen LogP contribution in [0, 0.1) is 20.8 Å². The van der Waals surface area contributed by atoms with Gasteiger partial charge in [0.1, 0.15) is 0 Å². The Balaban J connectivity index is 1.42. The molecule has 1 nitrogen and oxygen atoms in total. The number of nitrogens with zero attached hydrogens (tertiary/aromatic N) is 1. The van der Waals surface area contributed by atoms with Gasteiger partial charge >= 0.3 is 0 Å². The van der Waals surface area contributed by atoms with Crippen LogP contribution in [0.25, 0.3) is 73.1 Å². The standard InChI is InChI=1S/C27H15NS7/c1-10-4-6-13(7-5-10)28-14-8-11(2)29-17(14)19-16(28)20-22(32-19)24-26(33-20)27-25(35-24)23-21(34-27)18-15(31-23)9-12(3)30-18/h4-9H,1-3H3. The van der Waals surface area contributed by atoms with Gasteiger partial charge in [-0.3, -0.25) is 0 Å². The molecule has 8 heteroatoms. The summed E-state index contributed by atoms with van der Waals surface area (Å²) in [6, 6.07) is 13.8. The third kappa shape index (κ3) is 2.51. The summed E-state index contributed by atoms with van der Waals surface area (Å²) in [5, 5.41) is 0. The highest BCUT2D eigenvalue weighted by Crippen LogP contribution is 2.57. The van der Waals surface area contributed by atoms with Gasteiger partial charge in [-0.15, -0.1) is 79.4 Å². The van der Waals surface area contributed by atoms with Crippen LogP contribution >= 0.6 is 79.4 Å². The van der Waals surface area contributed by atoms with E-state index in [0.717, 1.165) is 0 Å². The van der Waals surface area contributed by atoms with Crippen molar-refractivity contribution >= 4 is 147 Å². The van der Waals surface area contributed by atoms with Gasteiger partial charge in [-0.25, -0.2) is 0 Å². The monoisotopic (exact) mass is 577 g/mol. The van der Waals surface area contributed by atoms with Crippen molar-refractivity contribution in [2.75, 3.05) is 0 Å². The lowest BCUT2D eigenvalue weighted by atomic mass is 10.2. The van der Waals surface area contributed by atoms with Crippen molar-refractivity contribution in [3.8, 4) is 5.69 Å². The van der Waals surface area contributed by atoms with E-state index in [2.05, 4.69) is 61.7 Å². The molecule has 170 valence electrons. The van der Waals surface area contributed by atoms with E-state index in [1.165, 1.54) is 88.4 Å². The minimum Gasteiger partial charge on any atom is -0.306 e. The number of fused-ring (bicyclic) bond motifs is 13. The van der Waals surface area contributed by atoms with E-state index in [-0.39, 0.29) is 0 Å². The Bertz CT molecular complexity index is 2290. The highest BCUT2D eigenvalue weighted by Gasteiger charge is 2.26. The highest BCUT2D eigenvalue weighted by molar-refractivity contribution is 7.51. The Morgan fingerprint density at radius 2 is 1.00 bits per heavy atom. The van der Waals surface area contributed by atoms with Gasteiger partial charge in [-0.1, -0.05) is 17.7 Å². The summed E-state index contributed by atoms with van der Waals surface area (Å²) in [5.41, 5.74) is 5.33. The average Bonchev–Trinajstić information content (AvgIpc) is 3.63. The van der Waals surface area contributed by atoms with Gasteiger partial charge in [-0.05, 0) is 45.0 Å². The highest BCUT2D eigenvalue weighted by atomic mass is 32.1. The van der Waals surface area contributed by atoms with E-state index in [0.29, 0.717) is 0 Å². The fourth-order valence-electron chi connectivity index (χ4n) is 5.24. The van der Waals surface area contributed by atoms with Crippen molar-refractivity contribution < 1.29 is 0 Å². The molecule has 0 bridgehead atoms. The number of aromatic nitrogens is 1. The molecule has 0 fully saturated rings. The topological polar surface area (TPSA) is 4.93 Å². The molecule has 0 unspecified atom stereocenters. The predicted molar refractivity (Wildman–Crippen MR) is 168 cm³/mol. The molecule has 0 saturated carbocycles. The zero-order valence-electron chi connectivity index (χ0n) is 18.8. The van der Waals surface area contributed by atoms with Crippen LogP contribution in [0.4, 0.5) is 0 Å². The van der Waals surface area contributed by atoms with Crippen LogP contribution < -0.4 is 0 Å². The Hall–Kier alpha value is -1.78. The molecule has 0 saturated heterocycles. The molecule has 0 radical (unpaired) electrons. The Morgan fingerprint density at radius 1 is 0.486 bits per heavy atom. The first kappa shape index (κ1) is 20.3. The zero-order valence-corrected chi connectivity index (χ0v) is 24.5. The third-order valence-corrected chi connectivity index (χ3v) is 16.2. The van der Waals surface area contributed by atoms with Crippen molar-refractivity contribution in [2.24, 2.45) is 0 Å². The minimum atomic E-state index is 1.27. The molecule has 0 aliphatic heterocycles. The van der Waals surface area contributed by atoms with Crippen LogP contribution in [0.15, 0.2) is 36.4 Å². The van der Waals surface area contributed by atoms with E-state index in [9.17, 15) is 0 Å². The molecule has 1 aromatic carbocycles. The largest absolute Gasteiger partial charge is 0.306 e. The second kappa shape index (κ2) is 6.75.